The average Bonchev–Trinajstić information content (AvgIpc) is 3.22. The minimum absolute atomic E-state index is 0.0550. The third kappa shape index (κ3) is 4.71. The lowest BCUT2D eigenvalue weighted by atomic mass is 9.91. The standard InChI is InChI=1S/C16H27N9O3S/c17-5-6-20-9-11-1-2-12(25-7-3-16(26,10-18)4-8-25)13(14(11)29(19,27)28)15-21-23-24-22-15/h1-2,20,26H,3-10,17-18H2,(H2,19,27,28)(H,21,22,23,24). The fraction of sp³-hybridized carbons (Fsp3) is 0.562. The molecule has 0 bridgehead atoms. The van der Waals surface area contributed by atoms with Crippen molar-refractivity contribution in [3.05, 3.63) is 17.7 Å². The number of tetrazole rings is 1. The number of H-pyrrole nitrogens is 1. The molecule has 0 spiro atoms. The Labute approximate surface area is 168 Å². The Balaban J connectivity index is 2.10. The molecule has 2 heterocycles. The molecular formula is C16H27N9O3S. The van der Waals surface area contributed by atoms with Crippen molar-refractivity contribution in [2.75, 3.05) is 37.6 Å². The predicted molar refractivity (Wildman–Crippen MR) is 107 cm³/mol. The first-order valence-corrected chi connectivity index (χ1v) is 10.8. The highest BCUT2D eigenvalue weighted by Gasteiger charge is 2.34. The van der Waals surface area contributed by atoms with Crippen molar-refractivity contribution in [1.82, 2.24) is 25.9 Å². The van der Waals surface area contributed by atoms with E-state index >= 15 is 0 Å². The minimum atomic E-state index is -4.10. The van der Waals surface area contributed by atoms with E-state index in [1.165, 1.54) is 0 Å². The van der Waals surface area contributed by atoms with Crippen LogP contribution in [-0.4, -0.2) is 72.5 Å². The second-order valence-corrected chi connectivity index (χ2v) is 8.61. The molecule has 1 aromatic heterocycles. The van der Waals surface area contributed by atoms with Gasteiger partial charge in [0.1, 0.15) is 0 Å². The molecule has 1 fully saturated rings. The van der Waals surface area contributed by atoms with E-state index in [4.69, 9.17) is 16.6 Å². The van der Waals surface area contributed by atoms with Crippen LogP contribution in [0.15, 0.2) is 17.0 Å². The van der Waals surface area contributed by atoms with Crippen molar-refractivity contribution in [1.29, 1.82) is 0 Å². The largest absolute Gasteiger partial charge is 0.388 e. The highest BCUT2D eigenvalue weighted by Crippen LogP contribution is 2.38. The number of piperidine rings is 1. The fourth-order valence-electron chi connectivity index (χ4n) is 3.52. The van der Waals surface area contributed by atoms with Crippen LogP contribution in [-0.2, 0) is 16.6 Å². The van der Waals surface area contributed by atoms with E-state index in [9.17, 15) is 13.5 Å². The lowest BCUT2D eigenvalue weighted by molar-refractivity contribution is 0.0250. The van der Waals surface area contributed by atoms with Crippen molar-refractivity contribution < 1.29 is 13.5 Å². The van der Waals surface area contributed by atoms with Crippen molar-refractivity contribution in [3.8, 4) is 11.4 Å². The summed E-state index contributed by atoms with van der Waals surface area (Å²) >= 11 is 0. The number of nitrogens with two attached hydrogens (primary N) is 3. The summed E-state index contributed by atoms with van der Waals surface area (Å²) in [4.78, 5) is 1.92. The van der Waals surface area contributed by atoms with Crippen molar-refractivity contribution in [2.24, 2.45) is 16.6 Å². The molecule has 1 aliphatic rings. The summed E-state index contributed by atoms with van der Waals surface area (Å²) in [7, 11) is -4.10. The molecule has 0 atom stereocenters. The molecule has 2 aromatic rings. The maximum Gasteiger partial charge on any atom is 0.239 e. The maximum absolute atomic E-state index is 12.6. The minimum Gasteiger partial charge on any atom is -0.388 e. The zero-order chi connectivity index (χ0) is 21.1. The number of primary sulfonamides is 1. The van der Waals surface area contributed by atoms with Gasteiger partial charge in [0.15, 0.2) is 0 Å². The van der Waals surface area contributed by atoms with Crippen LogP contribution in [0.25, 0.3) is 11.4 Å². The molecule has 0 radical (unpaired) electrons. The molecular weight excluding hydrogens is 398 g/mol. The number of benzene rings is 1. The highest BCUT2D eigenvalue weighted by atomic mass is 32.2. The Kier molecular flexibility index (Phi) is 6.45. The molecule has 1 saturated heterocycles. The summed E-state index contributed by atoms with van der Waals surface area (Å²) in [6.07, 6.45) is 0.916. The van der Waals surface area contributed by atoms with Gasteiger partial charge in [-0.2, -0.15) is 5.21 Å². The Hall–Kier alpha value is -2.16. The van der Waals surface area contributed by atoms with Gasteiger partial charge in [0.25, 0.3) is 0 Å². The number of aliphatic hydroxyl groups is 1. The Morgan fingerprint density at radius 3 is 2.55 bits per heavy atom. The topological polar surface area (TPSA) is 202 Å². The third-order valence-electron chi connectivity index (χ3n) is 5.12. The SMILES string of the molecule is NCCNCc1ccc(N2CCC(O)(CN)CC2)c(-c2nn[nH]n2)c1S(N)(=O)=O. The van der Waals surface area contributed by atoms with E-state index < -0.39 is 15.6 Å². The summed E-state index contributed by atoms with van der Waals surface area (Å²) in [6, 6.07) is 3.53. The van der Waals surface area contributed by atoms with E-state index in [1.807, 2.05) is 11.0 Å². The molecule has 1 aliphatic heterocycles. The first-order chi connectivity index (χ1) is 13.8. The van der Waals surface area contributed by atoms with Gasteiger partial charge in [-0.3, -0.25) is 0 Å². The average molecular weight is 426 g/mol. The number of rotatable bonds is 8. The Morgan fingerprint density at radius 1 is 1.28 bits per heavy atom. The van der Waals surface area contributed by atoms with E-state index in [2.05, 4.69) is 25.9 Å². The molecule has 13 heteroatoms. The second kappa shape index (κ2) is 8.69. The van der Waals surface area contributed by atoms with Gasteiger partial charge in [-0.1, -0.05) is 6.07 Å². The lowest BCUT2D eigenvalue weighted by Crippen LogP contribution is -2.49. The number of nitrogens with one attached hydrogen (secondary N) is 2. The number of aromatic nitrogens is 4. The van der Waals surface area contributed by atoms with Crippen LogP contribution in [0.1, 0.15) is 18.4 Å². The molecule has 0 unspecified atom stereocenters. The number of anilines is 1. The molecule has 12 nitrogen and oxygen atoms in total. The van der Waals surface area contributed by atoms with Crippen LogP contribution in [0.5, 0.6) is 0 Å². The van der Waals surface area contributed by atoms with Crippen LogP contribution < -0.4 is 26.8 Å². The van der Waals surface area contributed by atoms with Crippen molar-refractivity contribution in [3.63, 3.8) is 0 Å². The second-order valence-electron chi connectivity index (χ2n) is 7.11. The van der Waals surface area contributed by atoms with Crippen molar-refractivity contribution in [2.45, 2.75) is 29.9 Å². The van der Waals surface area contributed by atoms with Gasteiger partial charge in [-0.25, -0.2) is 13.6 Å². The first-order valence-electron chi connectivity index (χ1n) is 9.30. The molecule has 0 amide bonds. The van der Waals surface area contributed by atoms with Gasteiger partial charge < -0.3 is 26.8 Å². The van der Waals surface area contributed by atoms with Crippen LogP contribution in [0.4, 0.5) is 5.69 Å². The van der Waals surface area contributed by atoms with Gasteiger partial charge >= 0.3 is 0 Å². The van der Waals surface area contributed by atoms with E-state index in [0.29, 0.717) is 50.3 Å². The smallest absolute Gasteiger partial charge is 0.239 e. The van der Waals surface area contributed by atoms with Crippen molar-refractivity contribution >= 4 is 15.7 Å². The van der Waals surface area contributed by atoms with Crippen LogP contribution in [0.2, 0.25) is 0 Å². The molecule has 160 valence electrons. The fourth-order valence-corrected chi connectivity index (χ4v) is 4.51. The zero-order valence-corrected chi connectivity index (χ0v) is 16.8. The lowest BCUT2D eigenvalue weighted by Gasteiger charge is -2.39. The molecule has 3 rings (SSSR count). The molecule has 9 N–H and O–H groups in total. The number of hydrogen-bond acceptors (Lipinski definition) is 10. The van der Waals surface area contributed by atoms with Crippen LogP contribution in [0.3, 0.4) is 0 Å². The summed E-state index contributed by atoms with van der Waals surface area (Å²) in [5.74, 6) is 0.129. The highest BCUT2D eigenvalue weighted by molar-refractivity contribution is 7.89. The van der Waals surface area contributed by atoms with Crippen LogP contribution in [0, 0.1) is 0 Å². The monoisotopic (exact) mass is 425 g/mol. The molecule has 29 heavy (non-hydrogen) atoms. The molecule has 0 aliphatic carbocycles. The summed E-state index contributed by atoms with van der Waals surface area (Å²) in [5.41, 5.74) is 11.6. The quantitative estimate of drug-likeness (QED) is 0.253. The molecule has 1 aromatic carbocycles. The zero-order valence-electron chi connectivity index (χ0n) is 16.0. The van der Waals surface area contributed by atoms with E-state index in [0.717, 1.165) is 0 Å². The predicted octanol–water partition coefficient (Wildman–Crippen LogP) is -2.15. The number of sulfonamides is 1. The van der Waals surface area contributed by atoms with E-state index in [1.54, 1.807) is 6.07 Å². The van der Waals surface area contributed by atoms with Gasteiger partial charge in [0.05, 0.1) is 16.1 Å². The first kappa shape index (κ1) is 21.5. The van der Waals surface area contributed by atoms with Crippen LogP contribution >= 0.6 is 0 Å². The third-order valence-corrected chi connectivity index (χ3v) is 6.16. The number of nitrogens with zero attached hydrogens (tertiary/aromatic N) is 4. The van der Waals surface area contributed by atoms with Gasteiger partial charge in [-0.05, 0) is 29.7 Å². The molecule has 0 saturated carbocycles. The van der Waals surface area contributed by atoms with Gasteiger partial charge in [0.2, 0.25) is 15.8 Å². The Bertz CT molecular complexity index is 925. The maximum atomic E-state index is 12.6. The summed E-state index contributed by atoms with van der Waals surface area (Å²) in [5, 5.41) is 33.0. The van der Waals surface area contributed by atoms with Gasteiger partial charge in [0, 0.05) is 45.0 Å². The van der Waals surface area contributed by atoms with E-state index in [-0.39, 0.29) is 29.4 Å². The van der Waals surface area contributed by atoms with Gasteiger partial charge in [-0.15, -0.1) is 10.2 Å². The normalized spacial score (nSPS) is 16.9. The number of hydrogen-bond donors (Lipinski definition) is 6. The Morgan fingerprint density at radius 2 is 2.00 bits per heavy atom. The summed E-state index contributed by atoms with van der Waals surface area (Å²) in [6.45, 7) is 2.36. The summed E-state index contributed by atoms with van der Waals surface area (Å²) < 4.78 is 25.1. The number of aromatic amines is 1.